The molecule has 0 aliphatic rings. The zero-order valence-corrected chi connectivity index (χ0v) is 12.8. The van der Waals surface area contributed by atoms with Crippen LogP contribution in [0, 0.1) is 5.92 Å². The number of carbonyl (C=O) groups is 1. The van der Waals surface area contributed by atoms with Gasteiger partial charge in [-0.15, -0.1) is 0 Å². The van der Waals surface area contributed by atoms with Crippen LogP contribution in [0.15, 0.2) is 54.6 Å². The van der Waals surface area contributed by atoms with E-state index in [2.05, 4.69) is 6.92 Å². The Balaban J connectivity index is 2.11. The molecule has 0 bridgehead atoms. The van der Waals surface area contributed by atoms with Crippen LogP contribution in [0.5, 0.6) is 0 Å². The molecule has 2 N–H and O–H groups in total. The molecule has 2 rings (SSSR count). The number of nitrogens with two attached hydrogens (primary N) is 1. The van der Waals surface area contributed by atoms with Gasteiger partial charge in [-0.1, -0.05) is 74.9 Å². The molecule has 0 saturated heterocycles. The maximum atomic E-state index is 12.5. The molecule has 2 aromatic carbocycles. The third-order valence-electron chi connectivity index (χ3n) is 3.91. The van der Waals surface area contributed by atoms with E-state index in [0.29, 0.717) is 0 Å². The van der Waals surface area contributed by atoms with E-state index in [4.69, 9.17) is 5.73 Å². The minimum atomic E-state index is -0.269. The summed E-state index contributed by atoms with van der Waals surface area (Å²) in [4.78, 5) is 12.5. The number of benzene rings is 2. The van der Waals surface area contributed by atoms with Crippen LogP contribution >= 0.6 is 0 Å². The van der Waals surface area contributed by atoms with E-state index in [1.165, 1.54) is 5.56 Å². The normalized spacial score (nSPS) is 13.7. The first-order valence-corrected chi connectivity index (χ1v) is 7.57. The van der Waals surface area contributed by atoms with Crippen molar-refractivity contribution in [2.24, 2.45) is 11.7 Å². The minimum absolute atomic E-state index is 0.106. The standard InChI is InChI=1S/C19H23NO/c1-3-7-15-10-12-17(13-11-15)19(21)14(2)18(20)16-8-5-4-6-9-16/h4-6,8-14,18H,3,7,20H2,1-2H3. The molecule has 0 spiro atoms. The fourth-order valence-corrected chi connectivity index (χ4v) is 2.51. The van der Waals surface area contributed by atoms with Gasteiger partial charge in [0.15, 0.2) is 5.78 Å². The third-order valence-corrected chi connectivity index (χ3v) is 3.91. The average Bonchev–Trinajstić information content (AvgIpc) is 2.54. The Morgan fingerprint density at radius 2 is 1.67 bits per heavy atom. The molecule has 2 nitrogen and oxygen atoms in total. The van der Waals surface area contributed by atoms with Gasteiger partial charge in [-0.05, 0) is 17.5 Å². The van der Waals surface area contributed by atoms with E-state index in [1.807, 2.05) is 61.5 Å². The highest BCUT2D eigenvalue weighted by atomic mass is 16.1. The number of aryl methyl sites for hydroxylation is 1. The zero-order valence-electron chi connectivity index (χ0n) is 12.8. The van der Waals surface area contributed by atoms with Gasteiger partial charge in [-0.25, -0.2) is 0 Å². The van der Waals surface area contributed by atoms with Gasteiger partial charge >= 0.3 is 0 Å². The maximum absolute atomic E-state index is 12.5. The summed E-state index contributed by atoms with van der Waals surface area (Å²) < 4.78 is 0. The highest BCUT2D eigenvalue weighted by molar-refractivity contribution is 5.98. The number of hydrogen-bond acceptors (Lipinski definition) is 2. The SMILES string of the molecule is CCCc1ccc(C(=O)C(C)C(N)c2ccccc2)cc1. The Morgan fingerprint density at radius 1 is 1.05 bits per heavy atom. The van der Waals surface area contributed by atoms with Crippen LogP contribution in [-0.4, -0.2) is 5.78 Å². The Labute approximate surface area is 127 Å². The largest absolute Gasteiger partial charge is 0.323 e. The van der Waals surface area contributed by atoms with Crippen molar-refractivity contribution in [2.75, 3.05) is 0 Å². The Hall–Kier alpha value is -1.93. The van der Waals surface area contributed by atoms with Crippen LogP contribution in [0.3, 0.4) is 0 Å². The lowest BCUT2D eigenvalue weighted by molar-refractivity contribution is 0.0913. The predicted molar refractivity (Wildman–Crippen MR) is 87.3 cm³/mol. The second-order valence-corrected chi connectivity index (χ2v) is 5.54. The lowest BCUT2D eigenvalue weighted by atomic mass is 9.88. The summed E-state index contributed by atoms with van der Waals surface area (Å²) >= 11 is 0. The molecule has 2 heteroatoms. The van der Waals surface area contributed by atoms with Gasteiger partial charge < -0.3 is 5.73 Å². The number of hydrogen-bond donors (Lipinski definition) is 1. The van der Waals surface area contributed by atoms with Crippen molar-refractivity contribution < 1.29 is 4.79 Å². The smallest absolute Gasteiger partial charge is 0.167 e. The molecular weight excluding hydrogens is 258 g/mol. The molecule has 0 fully saturated rings. The number of Topliss-reactive ketones (excluding diaryl/α,β-unsaturated/α-hetero) is 1. The zero-order chi connectivity index (χ0) is 15.2. The van der Waals surface area contributed by atoms with Crippen LogP contribution in [0.25, 0.3) is 0 Å². The lowest BCUT2D eigenvalue weighted by Gasteiger charge is -2.19. The Bertz CT molecular complexity index is 574. The van der Waals surface area contributed by atoms with E-state index in [9.17, 15) is 4.79 Å². The van der Waals surface area contributed by atoms with Gasteiger partial charge in [0.1, 0.15) is 0 Å². The molecule has 0 amide bonds. The van der Waals surface area contributed by atoms with E-state index < -0.39 is 0 Å². The molecule has 0 heterocycles. The number of carbonyl (C=O) groups excluding carboxylic acids is 1. The maximum Gasteiger partial charge on any atom is 0.167 e. The van der Waals surface area contributed by atoms with Crippen LogP contribution in [0.1, 0.15) is 47.8 Å². The fourth-order valence-electron chi connectivity index (χ4n) is 2.51. The molecular formula is C19H23NO. The Morgan fingerprint density at radius 3 is 2.24 bits per heavy atom. The first-order chi connectivity index (χ1) is 10.1. The summed E-state index contributed by atoms with van der Waals surface area (Å²) in [6, 6.07) is 17.4. The van der Waals surface area contributed by atoms with Gasteiger partial charge in [-0.2, -0.15) is 0 Å². The van der Waals surface area contributed by atoms with Crippen molar-refractivity contribution >= 4 is 5.78 Å². The second kappa shape index (κ2) is 7.19. The van der Waals surface area contributed by atoms with E-state index >= 15 is 0 Å². The molecule has 2 atom stereocenters. The van der Waals surface area contributed by atoms with Crippen LogP contribution < -0.4 is 5.73 Å². The van der Waals surface area contributed by atoms with Gasteiger partial charge in [0.05, 0.1) is 0 Å². The van der Waals surface area contributed by atoms with Crippen molar-refractivity contribution in [3.8, 4) is 0 Å². The van der Waals surface area contributed by atoms with Crippen molar-refractivity contribution in [1.82, 2.24) is 0 Å². The minimum Gasteiger partial charge on any atom is -0.323 e. The molecule has 21 heavy (non-hydrogen) atoms. The van der Waals surface area contributed by atoms with E-state index in [1.54, 1.807) is 0 Å². The topological polar surface area (TPSA) is 43.1 Å². The first kappa shape index (κ1) is 15.5. The molecule has 2 unspecified atom stereocenters. The number of ketones is 1. The highest BCUT2D eigenvalue weighted by Crippen LogP contribution is 2.23. The fraction of sp³-hybridized carbons (Fsp3) is 0.316. The van der Waals surface area contributed by atoms with Gasteiger partial charge in [0, 0.05) is 17.5 Å². The molecule has 0 aliphatic carbocycles. The first-order valence-electron chi connectivity index (χ1n) is 7.57. The van der Waals surface area contributed by atoms with Crippen LogP contribution in [0.2, 0.25) is 0 Å². The lowest BCUT2D eigenvalue weighted by Crippen LogP contribution is -2.26. The monoisotopic (exact) mass is 281 g/mol. The molecule has 0 aromatic heterocycles. The molecule has 2 aromatic rings. The van der Waals surface area contributed by atoms with Crippen LogP contribution in [-0.2, 0) is 6.42 Å². The molecule has 0 saturated carbocycles. The summed E-state index contributed by atoms with van der Waals surface area (Å²) in [6.07, 6.45) is 2.16. The van der Waals surface area contributed by atoms with Gasteiger partial charge in [-0.3, -0.25) is 4.79 Å². The van der Waals surface area contributed by atoms with Crippen molar-refractivity contribution in [3.63, 3.8) is 0 Å². The van der Waals surface area contributed by atoms with Crippen molar-refractivity contribution in [3.05, 3.63) is 71.3 Å². The summed E-state index contributed by atoms with van der Waals surface area (Å²) in [5.74, 6) is -0.126. The quantitative estimate of drug-likeness (QED) is 0.808. The summed E-state index contributed by atoms with van der Waals surface area (Å²) in [7, 11) is 0. The molecule has 0 radical (unpaired) electrons. The second-order valence-electron chi connectivity index (χ2n) is 5.54. The summed E-state index contributed by atoms with van der Waals surface area (Å²) in [5.41, 5.74) is 9.25. The van der Waals surface area contributed by atoms with Gasteiger partial charge in [0.25, 0.3) is 0 Å². The van der Waals surface area contributed by atoms with Crippen molar-refractivity contribution in [1.29, 1.82) is 0 Å². The number of rotatable bonds is 6. The van der Waals surface area contributed by atoms with E-state index in [-0.39, 0.29) is 17.7 Å². The third kappa shape index (κ3) is 3.79. The predicted octanol–water partition coefficient (Wildman–Crippen LogP) is 4.16. The van der Waals surface area contributed by atoms with Crippen molar-refractivity contribution in [2.45, 2.75) is 32.7 Å². The van der Waals surface area contributed by atoms with E-state index in [0.717, 1.165) is 24.0 Å². The molecule has 110 valence electrons. The summed E-state index contributed by atoms with van der Waals surface area (Å²) in [5, 5.41) is 0. The average molecular weight is 281 g/mol. The summed E-state index contributed by atoms with van der Waals surface area (Å²) in [6.45, 7) is 4.06. The molecule has 0 aliphatic heterocycles. The highest BCUT2D eigenvalue weighted by Gasteiger charge is 2.23. The van der Waals surface area contributed by atoms with Crippen LogP contribution in [0.4, 0.5) is 0 Å². The Kier molecular flexibility index (Phi) is 5.29. The van der Waals surface area contributed by atoms with Gasteiger partial charge in [0.2, 0.25) is 0 Å².